The van der Waals surface area contributed by atoms with E-state index in [0.717, 1.165) is 11.1 Å². The second-order valence-electron chi connectivity index (χ2n) is 10.3. The molecule has 0 bridgehead atoms. The normalized spacial score (nSPS) is 13.7. The predicted octanol–water partition coefficient (Wildman–Crippen LogP) is 4.33. The number of Topliss-reactive ketones (excluding diaryl/α,β-unsaturated/α-hetero) is 1. The van der Waals surface area contributed by atoms with Gasteiger partial charge in [0.15, 0.2) is 5.78 Å². The van der Waals surface area contributed by atoms with Crippen molar-refractivity contribution in [2.75, 3.05) is 44.9 Å². The van der Waals surface area contributed by atoms with Crippen LogP contribution in [0.3, 0.4) is 0 Å². The second kappa shape index (κ2) is 17.1. The lowest BCUT2D eigenvalue weighted by Crippen LogP contribution is -2.33. The minimum absolute atomic E-state index is 0.0237. The second-order valence-corrected chi connectivity index (χ2v) is 10.3. The van der Waals surface area contributed by atoms with E-state index in [0.29, 0.717) is 48.0 Å². The molecule has 1 aliphatic rings. The van der Waals surface area contributed by atoms with Crippen molar-refractivity contribution in [1.29, 1.82) is 0 Å². The average Bonchev–Trinajstić information content (AvgIpc) is 3.00. The molecule has 0 saturated heterocycles. The highest BCUT2D eigenvalue weighted by molar-refractivity contribution is 5.96. The number of benzene rings is 2. The van der Waals surface area contributed by atoms with Crippen molar-refractivity contribution in [1.82, 2.24) is 14.9 Å². The summed E-state index contributed by atoms with van der Waals surface area (Å²) in [5.41, 5.74) is 9.20. The molecular weight excluding hydrogens is 672 g/mol. The number of ketones is 1. The lowest BCUT2D eigenvalue weighted by Gasteiger charge is -2.25. The monoisotopic (exact) mass is 703 g/mol. The fraction of sp³-hybridized carbons (Fsp3) is 0.333. The number of nitrogen functional groups attached to an aromatic ring is 1. The minimum atomic E-state index is -5.08. The van der Waals surface area contributed by atoms with Crippen LogP contribution in [0.2, 0.25) is 0 Å². The number of hydrogen-bond donors (Lipinski definition) is 4. The summed E-state index contributed by atoms with van der Waals surface area (Å²) >= 11 is 0. The van der Waals surface area contributed by atoms with Gasteiger partial charge in [0, 0.05) is 23.9 Å². The molecule has 1 atom stereocenters. The molecule has 4 rings (SSSR count). The van der Waals surface area contributed by atoms with E-state index in [2.05, 4.69) is 15.3 Å². The van der Waals surface area contributed by atoms with Crippen LogP contribution < -0.4 is 20.5 Å². The molecule has 5 N–H and O–H groups in total. The van der Waals surface area contributed by atoms with Gasteiger partial charge in [-0.05, 0) is 69.4 Å². The molecule has 1 aromatic heterocycles. The summed E-state index contributed by atoms with van der Waals surface area (Å²) in [6.07, 6.45) is -8.09. The number of rotatable bonds is 8. The van der Waals surface area contributed by atoms with Gasteiger partial charge in [0.05, 0.1) is 17.3 Å². The zero-order valence-electron chi connectivity index (χ0n) is 26.1. The fourth-order valence-corrected chi connectivity index (χ4v) is 3.79. The van der Waals surface area contributed by atoms with Crippen LogP contribution in [0.5, 0.6) is 11.5 Å². The van der Waals surface area contributed by atoms with Crippen molar-refractivity contribution in [3.05, 3.63) is 59.8 Å². The first-order valence-electron chi connectivity index (χ1n) is 13.9. The van der Waals surface area contributed by atoms with Crippen LogP contribution in [0.25, 0.3) is 11.3 Å². The summed E-state index contributed by atoms with van der Waals surface area (Å²) in [5, 5.41) is 17.2. The van der Waals surface area contributed by atoms with E-state index in [-0.39, 0.29) is 24.2 Å². The van der Waals surface area contributed by atoms with Gasteiger partial charge in [0.1, 0.15) is 24.7 Å². The van der Waals surface area contributed by atoms with E-state index < -0.39 is 30.2 Å². The topological polar surface area (TPSA) is 194 Å². The highest BCUT2D eigenvalue weighted by atomic mass is 19.4. The molecule has 0 spiro atoms. The minimum Gasteiger partial charge on any atom is -0.492 e. The zero-order valence-corrected chi connectivity index (χ0v) is 26.1. The summed E-state index contributed by atoms with van der Waals surface area (Å²) in [6, 6.07) is 12.6. The number of ether oxygens (including phenoxy) is 2. The number of hydrogen-bond acceptors (Lipinski definition) is 10. The maximum Gasteiger partial charge on any atom is 0.490 e. The van der Waals surface area contributed by atoms with Crippen molar-refractivity contribution in [2.45, 2.75) is 25.7 Å². The molecule has 0 aliphatic carbocycles. The molecule has 1 amide bonds. The Labute approximate surface area is 274 Å². The molecule has 0 radical (unpaired) electrons. The Morgan fingerprint density at radius 1 is 1.00 bits per heavy atom. The van der Waals surface area contributed by atoms with Gasteiger partial charge in [-0.25, -0.2) is 19.6 Å². The zero-order chi connectivity index (χ0) is 37.1. The Bertz CT molecular complexity index is 1630. The van der Waals surface area contributed by atoms with E-state index in [4.69, 9.17) is 35.0 Å². The number of alkyl halides is 6. The van der Waals surface area contributed by atoms with Crippen LogP contribution in [-0.2, 0) is 20.8 Å². The Morgan fingerprint density at radius 2 is 1.61 bits per heavy atom. The van der Waals surface area contributed by atoms with Gasteiger partial charge < -0.3 is 35.6 Å². The molecule has 2 aromatic carbocycles. The summed E-state index contributed by atoms with van der Waals surface area (Å²) in [6.45, 7) is 2.93. The number of anilines is 2. The SMILES string of the molecule is CC(=O)c1ccc2c(c1)CC(C(=O)Nc1ccc(-c3ccnc(N)n3)cc1OCCN(C)C)CO2.O=C(O)C(F)(F)F.O=C(O)C(F)(F)F. The fourth-order valence-electron chi connectivity index (χ4n) is 3.79. The molecule has 49 heavy (non-hydrogen) atoms. The molecule has 0 saturated carbocycles. The third-order valence-corrected chi connectivity index (χ3v) is 6.23. The molecule has 266 valence electrons. The van der Waals surface area contributed by atoms with Crippen LogP contribution in [0.1, 0.15) is 22.8 Å². The summed E-state index contributed by atoms with van der Waals surface area (Å²) < 4.78 is 75.3. The van der Waals surface area contributed by atoms with Crippen molar-refractivity contribution < 1.29 is 65.2 Å². The number of nitrogens with two attached hydrogens (primary N) is 1. The summed E-state index contributed by atoms with van der Waals surface area (Å²) in [4.78, 5) is 52.9. The number of aromatic nitrogens is 2. The molecule has 19 heteroatoms. The van der Waals surface area contributed by atoms with Crippen LogP contribution >= 0.6 is 0 Å². The number of halogens is 6. The average molecular weight is 704 g/mol. The van der Waals surface area contributed by atoms with Crippen molar-refractivity contribution in [2.24, 2.45) is 5.92 Å². The molecule has 3 aromatic rings. The lowest BCUT2D eigenvalue weighted by atomic mass is 9.94. The highest BCUT2D eigenvalue weighted by Gasteiger charge is 2.39. The van der Waals surface area contributed by atoms with Crippen molar-refractivity contribution in [3.8, 4) is 22.8 Å². The third-order valence-electron chi connectivity index (χ3n) is 6.23. The lowest BCUT2D eigenvalue weighted by molar-refractivity contribution is -0.193. The number of nitrogens with zero attached hydrogens (tertiary/aromatic N) is 3. The van der Waals surface area contributed by atoms with Gasteiger partial charge in [-0.3, -0.25) is 9.59 Å². The number of likely N-dealkylation sites (N-methyl/N-ethyl adjacent to an activating group) is 1. The molecule has 1 aliphatic heterocycles. The van der Waals surface area contributed by atoms with Crippen molar-refractivity contribution in [3.63, 3.8) is 0 Å². The number of fused-ring (bicyclic) bond motifs is 1. The first-order valence-corrected chi connectivity index (χ1v) is 13.9. The first-order chi connectivity index (χ1) is 22.7. The van der Waals surface area contributed by atoms with Gasteiger partial charge in [-0.15, -0.1) is 0 Å². The van der Waals surface area contributed by atoms with E-state index in [1.807, 2.05) is 31.1 Å². The van der Waals surface area contributed by atoms with Gasteiger partial charge in [-0.2, -0.15) is 26.3 Å². The van der Waals surface area contributed by atoms with Crippen LogP contribution in [-0.4, -0.2) is 94.9 Å². The van der Waals surface area contributed by atoms with Crippen LogP contribution in [0.15, 0.2) is 48.7 Å². The van der Waals surface area contributed by atoms with E-state index in [9.17, 15) is 35.9 Å². The molecule has 2 heterocycles. The van der Waals surface area contributed by atoms with Crippen LogP contribution in [0.4, 0.5) is 38.0 Å². The maximum absolute atomic E-state index is 13.2. The Morgan fingerprint density at radius 3 is 2.14 bits per heavy atom. The van der Waals surface area contributed by atoms with Crippen LogP contribution in [0, 0.1) is 5.92 Å². The maximum atomic E-state index is 13.2. The summed E-state index contributed by atoms with van der Waals surface area (Å²) in [7, 11) is 3.93. The smallest absolute Gasteiger partial charge is 0.490 e. The first kappa shape index (κ1) is 39.7. The van der Waals surface area contributed by atoms with Crippen molar-refractivity contribution >= 4 is 35.3 Å². The number of amides is 1. The Hall–Kier alpha value is -5.46. The van der Waals surface area contributed by atoms with Gasteiger partial charge in [0.25, 0.3) is 0 Å². The van der Waals surface area contributed by atoms with E-state index in [1.165, 1.54) is 6.92 Å². The quantitative estimate of drug-likeness (QED) is 0.192. The third kappa shape index (κ3) is 12.9. The van der Waals surface area contributed by atoms with Gasteiger partial charge in [0.2, 0.25) is 11.9 Å². The number of carbonyl (C=O) groups excluding carboxylic acids is 2. The molecule has 1 unspecified atom stereocenters. The highest BCUT2D eigenvalue weighted by Crippen LogP contribution is 2.33. The molecule has 0 fully saturated rings. The molecule has 13 nitrogen and oxygen atoms in total. The Balaban J connectivity index is 0.000000500. The Kier molecular flexibility index (Phi) is 13.9. The number of aliphatic carboxylic acids is 2. The van der Waals surface area contributed by atoms with Gasteiger partial charge in [-0.1, -0.05) is 6.07 Å². The predicted molar refractivity (Wildman–Crippen MR) is 161 cm³/mol. The number of carboxylic acid groups (broad SMARTS) is 2. The number of carbonyl (C=O) groups is 4. The number of nitrogens with one attached hydrogen (secondary N) is 1. The van der Waals surface area contributed by atoms with Gasteiger partial charge >= 0.3 is 24.3 Å². The van der Waals surface area contributed by atoms with E-state index in [1.54, 1.807) is 36.5 Å². The van der Waals surface area contributed by atoms with E-state index >= 15 is 0 Å². The summed E-state index contributed by atoms with van der Waals surface area (Å²) in [5.74, 6) is -4.70. The standard InChI is InChI=1S/C26H29N5O4.2C2HF3O2/c1-16(32)17-5-7-23-19(12-17)13-20(15-35-23)25(33)29-22-6-4-18(21-8-9-28-26(27)30-21)14-24(22)34-11-10-31(2)3;2*3-2(4,5)1(6)7/h4-9,12,14,20H,10-11,13,15H2,1-3H3,(H,29,33)(H2,27,28,30);2*(H,6,7). The molecular formula is C30H31F6N5O8. The largest absolute Gasteiger partial charge is 0.492 e. The number of carboxylic acids is 2.